The molecule has 0 radical (unpaired) electrons. The molecular weight excluding hydrogens is 352 g/mol. The number of hydrogen-bond donors (Lipinski definition) is 1. The number of carbonyl (C=O) groups excluding carboxylic acids is 1. The van der Waals surface area contributed by atoms with E-state index in [1.165, 1.54) is 4.90 Å². The van der Waals surface area contributed by atoms with Gasteiger partial charge in [0.25, 0.3) is 11.5 Å². The first-order valence-corrected chi connectivity index (χ1v) is 10.1. The number of H-pyrrole nitrogens is 1. The first kappa shape index (κ1) is 19.9. The van der Waals surface area contributed by atoms with Crippen molar-refractivity contribution in [2.45, 2.75) is 32.6 Å². The quantitative estimate of drug-likeness (QED) is 0.837. The first-order valence-electron chi connectivity index (χ1n) is 8.45. The molecule has 1 amide bonds. The van der Waals surface area contributed by atoms with Gasteiger partial charge in [-0.2, -0.15) is 0 Å². The molecule has 0 spiro atoms. The normalized spacial score (nSPS) is 11.4. The highest BCUT2D eigenvalue weighted by Gasteiger charge is 2.23. The lowest BCUT2D eigenvalue weighted by molar-refractivity contribution is 0.0771. The summed E-state index contributed by atoms with van der Waals surface area (Å²) in [4.78, 5) is 29.1. The molecule has 0 saturated heterocycles. The summed E-state index contributed by atoms with van der Waals surface area (Å²) in [5.41, 5.74) is 1.84. The number of nitrogens with zero attached hydrogens (tertiary/aromatic N) is 1. The van der Waals surface area contributed by atoms with Gasteiger partial charge in [0.1, 0.15) is 5.56 Å². The number of pyridine rings is 1. The van der Waals surface area contributed by atoms with Crippen LogP contribution in [0.5, 0.6) is 0 Å². The van der Waals surface area contributed by atoms with Gasteiger partial charge in [-0.05, 0) is 51.5 Å². The van der Waals surface area contributed by atoms with E-state index >= 15 is 0 Å². The van der Waals surface area contributed by atoms with Gasteiger partial charge in [0.2, 0.25) is 0 Å². The second-order valence-corrected chi connectivity index (χ2v) is 8.47. The number of aryl methyl sites for hydroxylation is 3. The number of benzene rings is 1. The average Bonchev–Trinajstić information content (AvgIpc) is 2.54. The predicted molar refractivity (Wildman–Crippen MR) is 101 cm³/mol. The fraction of sp³-hybridized carbons (Fsp3) is 0.368. The average molecular weight is 376 g/mol. The minimum atomic E-state index is -3.50. The van der Waals surface area contributed by atoms with Crippen LogP contribution in [0.3, 0.4) is 0 Å². The Morgan fingerprint density at radius 3 is 2.27 bits per heavy atom. The Morgan fingerprint density at radius 1 is 1.12 bits per heavy atom. The number of nitrogens with one attached hydrogen (secondary N) is 1. The van der Waals surface area contributed by atoms with Crippen molar-refractivity contribution in [1.82, 2.24) is 9.88 Å². The van der Waals surface area contributed by atoms with Gasteiger partial charge in [-0.3, -0.25) is 9.59 Å². The molecule has 1 heterocycles. The Hall–Kier alpha value is -2.41. The Kier molecular flexibility index (Phi) is 6.02. The van der Waals surface area contributed by atoms with Crippen molar-refractivity contribution in [3.8, 4) is 0 Å². The van der Waals surface area contributed by atoms with Crippen LogP contribution < -0.4 is 5.56 Å². The van der Waals surface area contributed by atoms with Crippen LogP contribution in [-0.4, -0.2) is 43.1 Å². The summed E-state index contributed by atoms with van der Waals surface area (Å²) in [6.07, 6.45) is 0. The largest absolute Gasteiger partial charge is 0.338 e. The lowest BCUT2D eigenvalue weighted by Crippen LogP contribution is -2.38. The molecule has 7 heteroatoms. The number of rotatable bonds is 6. The van der Waals surface area contributed by atoms with E-state index in [-0.39, 0.29) is 22.8 Å². The predicted octanol–water partition coefficient (Wildman–Crippen LogP) is 2.24. The van der Waals surface area contributed by atoms with Crippen molar-refractivity contribution >= 4 is 15.7 Å². The van der Waals surface area contributed by atoms with E-state index in [2.05, 4.69) is 4.98 Å². The zero-order chi connectivity index (χ0) is 19.5. The summed E-state index contributed by atoms with van der Waals surface area (Å²) in [5, 5.41) is 0. The third kappa shape index (κ3) is 4.40. The molecule has 0 aliphatic heterocycles. The summed E-state index contributed by atoms with van der Waals surface area (Å²) in [6.45, 7) is 7.43. The molecule has 6 nitrogen and oxygen atoms in total. The Balaban J connectivity index is 2.21. The Labute approximate surface area is 153 Å². The van der Waals surface area contributed by atoms with E-state index in [0.717, 1.165) is 5.56 Å². The van der Waals surface area contributed by atoms with Crippen molar-refractivity contribution in [3.05, 3.63) is 63.1 Å². The van der Waals surface area contributed by atoms with E-state index in [0.29, 0.717) is 17.8 Å². The molecule has 0 aliphatic rings. The number of hydrogen-bond acceptors (Lipinski definition) is 4. The SMILES string of the molecule is CCN(CCS(=O)(=O)c1ccc(C)cc1)C(=O)c1c(C)cc(C)[nH]c1=O. The molecule has 26 heavy (non-hydrogen) atoms. The van der Waals surface area contributed by atoms with Crippen LogP contribution in [0.4, 0.5) is 0 Å². The molecule has 0 fully saturated rings. The molecular formula is C19H24N2O4S. The summed E-state index contributed by atoms with van der Waals surface area (Å²) in [5.74, 6) is -0.649. The van der Waals surface area contributed by atoms with E-state index in [4.69, 9.17) is 0 Å². The van der Waals surface area contributed by atoms with Crippen LogP contribution in [0.2, 0.25) is 0 Å². The van der Waals surface area contributed by atoms with Crippen molar-refractivity contribution in [1.29, 1.82) is 0 Å². The highest BCUT2D eigenvalue weighted by Crippen LogP contribution is 2.13. The molecule has 0 saturated carbocycles. The lowest BCUT2D eigenvalue weighted by Gasteiger charge is -2.21. The molecule has 2 rings (SSSR count). The minimum Gasteiger partial charge on any atom is -0.338 e. The van der Waals surface area contributed by atoms with Gasteiger partial charge >= 0.3 is 0 Å². The number of amides is 1. The van der Waals surface area contributed by atoms with Crippen molar-refractivity contribution < 1.29 is 13.2 Å². The molecule has 0 aliphatic carbocycles. The van der Waals surface area contributed by atoms with Gasteiger partial charge in [0, 0.05) is 18.8 Å². The van der Waals surface area contributed by atoms with Crippen LogP contribution in [0.1, 0.15) is 34.1 Å². The van der Waals surface area contributed by atoms with Crippen molar-refractivity contribution in [3.63, 3.8) is 0 Å². The highest BCUT2D eigenvalue weighted by molar-refractivity contribution is 7.91. The maximum absolute atomic E-state index is 12.7. The zero-order valence-electron chi connectivity index (χ0n) is 15.5. The van der Waals surface area contributed by atoms with Crippen LogP contribution in [0.25, 0.3) is 0 Å². The zero-order valence-corrected chi connectivity index (χ0v) is 16.3. The Morgan fingerprint density at radius 2 is 1.73 bits per heavy atom. The highest BCUT2D eigenvalue weighted by atomic mass is 32.2. The maximum Gasteiger partial charge on any atom is 0.261 e. The lowest BCUT2D eigenvalue weighted by atomic mass is 10.1. The smallest absolute Gasteiger partial charge is 0.261 e. The van der Waals surface area contributed by atoms with Crippen LogP contribution in [0, 0.1) is 20.8 Å². The van der Waals surface area contributed by atoms with E-state index in [9.17, 15) is 18.0 Å². The van der Waals surface area contributed by atoms with Crippen molar-refractivity contribution in [2.24, 2.45) is 0 Å². The van der Waals surface area contributed by atoms with Crippen LogP contribution in [-0.2, 0) is 9.84 Å². The summed E-state index contributed by atoms with van der Waals surface area (Å²) < 4.78 is 25.0. The van der Waals surface area contributed by atoms with Gasteiger partial charge in [0.05, 0.1) is 10.6 Å². The van der Waals surface area contributed by atoms with E-state index in [1.54, 1.807) is 51.1 Å². The third-order valence-corrected chi connectivity index (χ3v) is 5.97. The number of sulfone groups is 1. The van der Waals surface area contributed by atoms with Crippen molar-refractivity contribution in [2.75, 3.05) is 18.8 Å². The standard InChI is InChI=1S/C19H24N2O4S/c1-5-21(19(23)17-14(3)12-15(4)20-18(17)22)10-11-26(24,25)16-8-6-13(2)7-9-16/h6-9,12H,5,10-11H2,1-4H3,(H,20,22). The molecule has 0 unspecified atom stereocenters. The fourth-order valence-electron chi connectivity index (χ4n) is 2.77. The second-order valence-electron chi connectivity index (χ2n) is 6.36. The van der Waals surface area contributed by atoms with Gasteiger partial charge in [-0.25, -0.2) is 8.42 Å². The number of aromatic amines is 1. The maximum atomic E-state index is 12.7. The van der Waals surface area contributed by atoms with Crippen LogP contribution >= 0.6 is 0 Å². The monoisotopic (exact) mass is 376 g/mol. The minimum absolute atomic E-state index is 0.0261. The van der Waals surface area contributed by atoms with Gasteiger partial charge in [-0.1, -0.05) is 17.7 Å². The fourth-order valence-corrected chi connectivity index (χ4v) is 4.02. The second kappa shape index (κ2) is 7.86. The number of carbonyl (C=O) groups is 1. The summed E-state index contributed by atoms with van der Waals surface area (Å²) in [7, 11) is -3.50. The van der Waals surface area contributed by atoms with E-state index < -0.39 is 21.3 Å². The summed E-state index contributed by atoms with van der Waals surface area (Å²) in [6, 6.07) is 8.34. The number of aromatic nitrogens is 1. The molecule has 2 aromatic rings. The molecule has 0 bridgehead atoms. The molecule has 1 aromatic carbocycles. The van der Waals surface area contributed by atoms with Gasteiger partial charge in [0.15, 0.2) is 9.84 Å². The Bertz CT molecular complexity index is 960. The topological polar surface area (TPSA) is 87.3 Å². The summed E-state index contributed by atoms with van der Waals surface area (Å²) >= 11 is 0. The molecule has 140 valence electrons. The third-order valence-electron chi connectivity index (χ3n) is 4.26. The molecule has 1 aromatic heterocycles. The van der Waals surface area contributed by atoms with Gasteiger partial charge in [-0.15, -0.1) is 0 Å². The van der Waals surface area contributed by atoms with Crippen LogP contribution in [0.15, 0.2) is 40.0 Å². The first-order chi connectivity index (χ1) is 12.2. The molecule has 1 N–H and O–H groups in total. The van der Waals surface area contributed by atoms with E-state index in [1.807, 2.05) is 6.92 Å². The molecule has 0 atom stereocenters. The van der Waals surface area contributed by atoms with Gasteiger partial charge < -0.3 is 9.88 Å².